The second-order valence-corrected chi connectivity index (χ2v) is 1.55. The van der Waals surface area contributed by atoms with Gasteiger partial charge in [-0.2, -0.15) is 0 Å². The van der Waals surface area contributed by atoms with Gasteiger partial charge in [-0.1, -0.05) is 0 Å². The van der Waals surface area contributed by atoms with Crippen LogP contribution in [-0.2, 0) is 9.53 Å². The first-order valence-corrected chi connectivity index (χ1v) is 2.32. The highest BCUT2D eigenvalue weighted by atomic mass is 16.5. The second-order valence-electron chi connectivity index (χ2n) is 1.55. The normalized spacial score (nSPS) is 26.1. The molecule has 8 heavy (non-hydrogen) atoms. The highest BCUT2D eigenvalue weighted by Gasteiger charge is 2.19. The lowest BCUT2D eigenvalue weighted by atomic mass is 10.2. The highest BCUT2D eigenvalue weighted by Crippen LogP contribution is 2.07. The Labute approximate surface area is 46.6 Å². The SMILES string of the molecule is O=C1OC=C[C@H]1CO. The molecule has 0 fully saturated rings. The number of esters is 1. The van der Waals surface area contributed by atoms with Crippen molar-refractivity contribution in [3.63, 3.8) is 0 Å². The molecule has 0 aromatic rings. The van der Waals surface area contributed by atoms with Gasteiger partial charge in [0.25, 0.3) is 0 Å². The van der Waals surface area contributed by atoms with Crippen molar-refractivity contribution < 1.29 is 14.6 Å². The minimum atomic E-state index is -0.421. The Morgan fingerprint density at radius 1 is 1.88 bits per heavy atom. The Morgan fingerprint density at radius 2 is 2.62 bits per heavy atom. The molecule has 0 aromatic carbocycles. The summed E-state index contributed by atoms with van der Waals surface area (Å²) in [6.45, 7) is -0.157. The van der Waals surface area contributed by atoms with Crippen molar-refractivity contribution >= 4 is 5.97 Å². The molecule has 0 radical (unpaired) electrons. The van der Waals surface area contributed by atoms with Crippen LogP contribution in [0, 0.1) is 5.92 Å². The van der Waals surface area contributed by atoms with E-state index in [-0.39, 0.29) is 12.6 Å². The van der Waals surface area contributed by atoms with Crippen LogP contribution >= 0.6 is 0 Å². The molecule has 1 rings (SSSR count). The Hall–Kier alpha value is -0.830. The molecule has 1 heterocycles. The first kappa shape index (κ1) is 5.31. The lowest BCUT2D eigenvalue weighted by Crippen LogP contribution is -2.11. The van der Waals surface area contributed by atoms with E-state index in [0.717, 1.165) is 0 Å². The average molecular weight is 114 g/mol. The molecular weight excluding hydrogens is 108 g/mol. The maximum Gasteiger partial charge on any atom is 0.320 e. The third-order valence-electron chi connectivity index (χ3n) is 0.995. The summed E-state index contributed by atoms with van der Waals surface area (Å²) in [4.78, 5) is 10.4. The molecule has 0 saturated carbocycles. The first-order valence-electron chi connectivity index (χ1n) is 2.32. The van der Waals surface area contributed by atoms with Crippen LogP contribution in [0.15, 0.2) is 12.3 Å². The molecule has 3 heteroatoms. The summed E-state index contributed by atoms with van der Waals surface area (Å²) in [5, 5.41) is 8.38. The Kier molecular flexibility index (Phi) is 1.30. The van der Waals surface area contributed by atoms with Crippen LogP contribution in [0.1, 0.15) is 0 Å². The number of aliphatic hydroxyl groups excluding tert-OH is 1. The predicted octanol–water partition coefficient (Wildman–Crippen LogP) is -0.335. The summed E-state index contributed by atoms with van der Waals surface area (Å²) in [6, 6.07) is 0. The van der Waals surface area contributed by atoms with Gasteiger partial charge < -0.3 is 9.84 Å². The van der Waals surface area contributed by atoms with E-state index in [2.05, 4.69) is 4.74 Å². The van der Waals surface area contributed by atoms with E-state index in [1.165, 1.54) is 12.3 Å². The van der Waals surface area contributed by atoms with Crippen molar-refractivity contribution in [2.75, 3.05) is 6.61 Å². The van der Waals surface area contributed by atoms with Gasteiger partial charge in [0.15, 0.2) is 0 Å². The third kappa shape index (κ3) is 0.721. The highest BCUT2D eigenvalue weighted by molar-refractivity contribution is 5.77. The van der Waals surface area contributed by atoms with Crippen molar-refractivity contribution in [2.24, 2.45) is 5.92 Å². The van der Waals surface area contributed by atoms with E-state index >= 15 is 0 Å². The molecule has 0 unspecified atom stereocenters. The number of hydrogen-bond acceptors (Lipinski definition) is 3. The number of cyclic esters (lactones) is 1. The summed E-state index contributed by atoms with van der Waals surface area (Å²) in [6.07, 6.45) is 2.82. The third-order valence-corrected chi connectivity index (χ3v) is 0.995. The van der Waals surface area contributed by atoms with Gasteiger partial charge in [-0.05, 0) is 6.08 Å². The molecule has 0 bridgehead atoms. The average Bonchev–Trinajstić information content (AvgIpc) is 2.14. The zero-order chi connectivity index (χ0) is 5.98. The summed E-state index contributed by atoms with van der Waals surface area (Å²) >= 11 is 0. The largest absolute Gasteiger partial charge is 0.434 e. The number of carbonyl (C=O) groups excluding carboxylic acids is 1. The molecule has 1 aliphatic rings. The lowest BCUT2D eigenvalue weighted by molar-refractivity contribution is -0.139. The smallest absolute Gasteiger partial charge is 0.320 e. The Morgan fingerprint density at radius 3 is 2.88 bits per heavy atom. The van der Waals surface area contributed by atoms with Gasteiger partial charge in [0.2, 0.25) is 0 Å². The van der Waals surface area contributed by atoms with E-state index in [9.17, 15) is 4.79 Å². The molecule has 0 spiro atoms. The summed E-state index contributed by atoms with van der Waals surface area (Å²) < 4.78 is 4.38. The fraction of sp³-hybridized carbons (Fsp3) is 0.400. The minimum absolute atomic E-state index is 0.157. The maximum atomic E-state index is 10.4. The fourth-order valence-corrected chi connectivity index (χ4v) is 0.503. The van der Waals surface area contributed by atoms with Gasteiger partial charge in [-0.3, -0.25) is 4.79 Å². The lowest BCUT2D eigenvalue weighted by Gasteiger charge is -1.94. The predicted molar refractivity (Wildman–Crippen MR) is 25.8 cm³/mol. The van der Waals surface area contributed by atoms with Gasteiger partial charge in [0.05, 0.1) is 12.9 Å². The summed E-state index contributed by atoms with van der Waals surface area (Å²) in [7, 11) is 0. The second kappa shape index (κ2) is 1.96. The van der Waals surface area contributed by atoms with Gasteiger partial charge in [0, 0.05) is 0 Å². The molecule has 1 N–H and O–H groups in total. The zero-order valence-corrected chi connectivity index (χ0v) is 4.20. The van der Waals surface area contributed by atoms with Crippen LogP contribution in [-0.4, -0.2) is 17.7 Å². The molecule has 0 amide bonds. The zero-order valence-electron chi connectivity index (χ0n) is 4.20. The Balaban J connectivity index is 2.53. The Bertz CT molecular complexity index is 128. The van der Waals surface area contributed by atoms with Crippen molar-refractivity contribution in [1.29, 1.82) is 0 Å². The van der Waals surface area contributed by atoms with E-state index < -0.39 is 5.92 Å². The number of aliphatic hydroxyl groups is 1. The molecule has 1 aliphatic heterocycles. The van der Waals surface area contributed by atoms with Crippen LogP contribution in [0.2, 0.25) is 0 Å². The molecule has 0 aliphatic carbocycles. The molecule has 1 atom stereocenters. The topological polar surface area (TPSA) is 46.5 Å². The monoisotopic (exact) mass is 114 g/mol. The van der Waals surface area contributed by atoms with E-state index in [1.54, 1.807) is 0 Å². The number of ether oxygens (including phenoxy) is 1. The van der Waals surface area contributed by atoms with E-state index in [1.807, 2.05) is 0 Å². The van der Waals surface area contributed by atoms with Crippen molar-refractivity contribution in [3.8, 4) is 0 Å². The van der Waals surface area contributed by atoms with Gasteiger partial charge >= 0.3 is 5.97 Å². The van der Waals surface area contributed by atoms with Crippen LogP contribution in [0.5, 0.6) is 0 Å². The quantitative estimate of drug-likeness (QED) is 0.474. The standard InChI is InChI=1S/C5H6O3/c6-3-4-1-2-8-5(4)7/h1-2,4,6H,3H2/t4-/m0/s1. The summed E-state index contributed by atoms with van der Waals surface area (Å²) in [5.41, 5.74) is 0. The van der Waals surface area contributed by atoms with E-state index in [0.29, 0.717) is 0 Å². The molecule has 3 nitrogen and oxygen atoms in total. The molecule has 0 aromatic heterocycles. The van der Waals surface area contributed by atoms with Gasteiger partial charge in [-0.25, -0.2) is 0 Å². The summed E-state index contributed by atoms with van der Waals surface area (Å²) in [5.74, 6) is -0.789. The number of hydrogen-bond donors (Lipinski definition) is 1. The van der Waals surface area contributed by atoms with Crippen molar-refractivity contribution in [1.82, 2.24) is 0 Å². The van der Waals surface area contributed by atoms with Gasteiger partial charge in [-0.15, -0.1) is 0 Å². The molecule has 44 valence electrons. The van der Waals surface area contributed by atoms with Crippen LogP contribution < -0.4 is 0 Å². The molecular formula is C5H6O3. The van der Waals surface area contributed by atoms with Gasteiger partial charge in [0.1, 0.15) is 5.92 Å². The van der Waals surface area contributed by atoms with Crippen LogP contribution in [0.3, 0.4) is 0 Å². The fourth-order valence-electron chi connectivity index (χ4n) is 0.503. The minimum Gasteiger partial charge on any atom is -0.434 e. The molecule has 0 saturated heterocycles. The van der Waals surface area contributed by atoms with Crippen LogP contribution in [0.4, 0.5) is 0 Å². The van der Waals surface area contributed by atoms with Crippen LogP contribution in [0.25, 0.3) is 0 Å². The maximum absolute atomic E-state index is 10.4. The van der Waals surface area contributed by atoms with E-state index in [4.69, 9.17) is 5.11 Å². The van der Waals surface area contributed by atoms with Crippen molar-refractivity contribution in [3.05, 3.63) is 12.3 Å². The van der Waals surface area contributed by atoms with Crippen molar-refractivity contribution in [2.45, 2.75) is 0 Å². The number of carbonyl (C=O) groups is 1. The number of rotatable bonds is 1. The first-order chi connectivity index (χ1) is 3.84.